The van der Waals surface area contributed by atoms with Crippen molar-refractivity contribution in [3.05, 3.63) is 0 Å². The van der Waals surface area contributed by atoms with Gasteiger partial charge in [0.2, 0.25) is 5.91 Å². The molecular formula is C9H18N2O3. The molecule has 82 valence electrons. The van der Waals surface area contributed by atoms with E-state index in [9.17, 15) is 4.79 Å². The number of nitrogens with one attached hydrogen (secondary N) is 2. The van der Waals surface area contributed by atoms with E-state index in [1.54, 1.807) is 7.11 Å². The van der Waals surface area contributed by atoms with Crippen molar-refractivity contribution in [2.75, 3.05) is 40.0 Å². The highest BCUT2D eigenvalue weighted by Gasteiger charge is 2.16. The van der Waals surface area contributed by atoms with Crippen LogP contribution in [0.15, 0.2) is 0 Å². The normalized spacial score (nSPS) is 21.9. The number of hydrogen-bond donors (Lipinski definition) is 2. The number of ether oxygens (including phenoxy) is 2. The van der Waals surface area contributed by atoms with E-state index in [4.69, 9.17) is 9.47 Å². The fourth-order valence-corrected chi connectivity index (χ4v) is 1.32. The second-order valence-corrected chi connectivity index (χ2v) is 3.24. The Bertz CT molecular complexity index is 169. The Morgan fingerprint density at radius 1 is 1.71 bits per heavy atom. The number of morpholine rings is 1. The molecule has 0 aromatic rings. The third-order valence-electron chi connectivity index (χ3n) is 2.05. The molecule has 0 aromatic carbocycles. The Hall–Kier alpha value is -0.650. The van der Waals surface area contributed by atoms with Crippen LogP contribution in [0, 0.1) is 0 Å². The SMILES string of the molecule is COCCNC(=O)CC1CNCCO1. The van der Waals surface area contributed by atoms with Crippen molar-refractivity contribution in [3.8, 4) is 0 Å². The van der Waals surface area contributed by atoms with Crippen molar-refractivity contribution in [2.45, 2.75) is 12.5 Å². The van der Waals surface area contributed by atoms with Crippen LogP contribution in [-0.4, -0.2) is 52.0 Å². The minimum Gasteiger partial charge on any atom is -0.383 e. The van der Waals surface area contributed by atoms with Gasteiger partial charge in [-0.25, -0.2) is 0 Å². The molecule has 5 heteroatoms. The van der Waals surface area contributed by atoms with Crippen LogP contribution in [0.2, 0.25) is 0 Å². The number of carbonyl (C=O) groups is 1. The van der Waals surface area contributed by atoms with E-state index in [1.807, 2.05) is 0 Å². The predicted molar refractivity (Wildman–Crippen MR) is 52.1 cm³/mol. The lowest BCUT2D eigenvalue weighted by Gasteiger charge is -2.22. The van der Waals surface area contributed by atoms with Gasteiger partial charge in [0.15, 0.2) is 0 Å². The molecule has 1 rings (SSSR count). The zero-order valence-corrected chi connectivity index (χ0v) is 8.54. The fourth-order valence-electron chi connectivity index (χ4n) is 1.32. The lowest BCUT2D eigenvalue weighted by atomic mass is 10.2. The first-order valence-corrected chi connectivity index (χ1v) is 4.91. The molecule has 0 bridgehead atoms. The van der Waals surface area contributed by atoms with E-state index in [0.717, 1.165) is 13.1 Å². The Labute approximate surface area is 84.1 Å². The summed E-state index contributed by atoms with van der Waals surface area (Å²) in [5.41, 5.74) is 0. The van der Waals surface area contributed by atoms with Gasteiger partial charge in [0, 0.05) is 26.7 Å². The second-order valence-electron chi connectivity index (χ2n) is 3.24. The van der Waals surface area contributed by atoms with Gasteiger partial charge in [-0.3, -0.25) is 4.79 Å². The summed E-state index contributed by atoms with van der Waals surface area (Å²) in [5, 5.41) is 5.94. The van der Waals surface area contributed by atoms with Gasteiger partial charge in [-0.05, 0) is 0 Å². The van der Waals surface area contributed by atoms with Crippen LogP contribution in [0.1, 0.15) is 6.42 Å². The molecule has 0 aromatic heterocycles. The standard InChI is InChI=1S/C9H18N2O3/c1-13-4-3-11-9(12)6-8-7-10-2-5-14-8/h8,10H,2-7H2,1H3,(H,11,12). The maximum Gasteiger partial charge on any atom is 0.222 e. The summed E-state index contributed by atoms with van der Waals surface area (Å²) in [5.74, 6) is 0.0238. The Balaban J connectivity index is 2.06. The number of amides is 1. The Morgan fingerprint density at radius 3 is 3.21 bits per heavy atom. The third kappa shape index (κ3) is 4.55. The van der Waals surface area contributed by atoms with Gasteiger partial charge in [-0.1, -0.05) is 0 Å². The summed E-state index contributed by atoms with van der Waals surface area (Å²) in [6, 6.07) is 0. The summed E-state index contributed by atoms with van der Waals surface area (Å²) in [6.45, 7) is 3.44. The topological polar surface area (TPSA) is 59.6 Å². The first kappa shape index (κ1) is 11.4. The van der Waals surface area contributed by atoms with Crippen LogP contribution < -0.4 is 10.6 Å². The average molecular weight is 202 g/mol. The van der Waals surface area contributed by atoms with Crippen molar-refractivity contribution in [3.63, 3.8) is 0 Å². The molecule has 0 saturated carbocycles. The summed E-state index contributed by atoms with van der Waals surface area (Å²) in [7, 11) is 1.61. The van der Waals surface area contributed by atoms with Gasteiger partial charge in [-0.2, -0.15) is 0 Å². The molecule has 1 saturated heterocycles. The summed E-state index contributed by atoms with van der Waals surface area (Å²) >= 11 is 0. The van der Waals surface area contributed by atoms with E-state index in [0.29, 0.717) is 26.2 Å². The molecule has 1 aliphatic heterocycles. The van der Waals surface area contributed by atoms with Crippen LogP contribution in [0.3, 0.4) is 0 Å². The summed E-state index contributed by atoms with van der Waals surface area (Å²) in [4.78, 5) is 11.3. The molecule has 0 aliphatic carbocycles. The van der Waals surface area contributed by atoms with Crippen molar-refractivity contribution in [2.24, 2.45) is 0 Å². The smallest absolute Gasteiger partial charge is 0.222 e. The predicted octanol–water partition coefficient (Wildman–Crippen LogP) is -0.872. The quantitative estimate of drug-likeness (QED) is 0.569. The molecule has 0 radical (unpaired) electrons. The van der Waals surface area contributed by atoms with Gasteiger partial charge in [0.05, 0.1) is 25.7 Å². The number of methoxy groups -OCH3 is 1. The van der Waals surface area contributed by atoms with E-state index >= 15 is 0 Å². The summed E-state index contributed by atoms with van der Waals surface area (Å²) in [6.07, 6.45) is 0.447. The van der Waals surface area contributed by atoms with E-state index < -0.39 is 0 Å². The minimum absolute atomic E-state index is 0.0197. The van der Waals surface area contributed by atoms with Crippen molar-refractivity contribution < 1.29 is 14.3 Å². The highest BCUT2D eigenvalue weighted by atomic mass is 16.5. The molecular weight excluding hydrogens is 184 g/mol. The van der Waals surface area contributed by atoms with Gasteiger partial charge in [0.25, 0.3) is 0 Å². The number of rotatable bonds is 5. The van der Waals surface area contributed by atoms with Gasteiger partial charge >= 0.3 is 0 Å². The van der Waals surface area contributed by atoms with Crippen molar-refractivity contribution in [1.29, 1.82) is 0 Å². The van der Waals surface area contributed by atoms with Gasteiger partial charge in [0.1, 0.15) is 0 Å². The van der Waals surface area contributed by atoms with E-state index in [1.165, 1.54) is 0 Å². The molecule has 1 aliphatic rings. The minimum atomic E-state index is 0.0197. The van der Waals surface area contributed by atoms with Crippen LogP contribution in [0.4, 0.5) is 0 Å². The molecule has 14 heavy (non-hydrogen) atoms. The molecule has 1 unspecified atom stereocenters. The zero-order chi connectivity index (χ0) is 10.2. The number of hydrogen-bond acceptors (Lipinski definition) is 4. The summed E-state index contributed by atoms with van der Waals surface area (Å²) < 4.78 is 10.2. The Kier molecular flexibility index (Phi) is 5.51. The fraction of sp³-hybridized carbons (Fsp3) is 0.889. The highest BCUT2D eigenvalue weighted by molar-refractivity contribution is 5.76. The molecule has 2 N–H and O–H groups in total. The molecule has 5 nitrogen and oxygen atoms in total. The van der Waals surface area contributed by atoms with Crippen molar-refractivity contribution in [1.82, 2.24) is 10.6 Å². The third-order valence-corrected chi connectivity index (χ3v) is 2.05. The first-order chi connectivity index (χ1) is 6.83. The molecule has 1 atom stereocenters. The molecule has 1 amide bonds. The highest BCUT2D eigenvalue weighted by Crippen LogP contribution is 2.00. The maximum atomic E-state index is 11.3. The van der Waals surface area contributed by atoms with E-state index in [2.05, 4.69) is 10.6 Å². The lowest BCUT2D eigenvalue weighted by molar-refractivity contribution is -0.124. The van der Waals surface area contributed by atoms with Crippen molar-refractivity contribution >= 4 is 5.91 Å². The van der Waals surface area contributed by atoms with Gasteiger partial charge in [-0.15, -0.1) is 0 Å². The molecule has 1 fully saturated rings. The monoisotopic (exact) mass is 202 g/mol. The van der Waals surface area contributed by atoms with E-state index in [-0.39, 0.29) is 12.0 Å². The largest absolute Gasteiger partial charge is 0.383 e. The lowest BCUT2D eigenvalue weighted by Crippen LogP contribution is -2.41. The van der Waals surface area contributed by atoms with Gasteiger partial charge < -0.3 is 20.1 Å². The Morgan fingerprint density at radius 2 is 2.57 bits per heavy atom. The average Bonchev–Trinajstić information content (AvgIpc) is 2.20. The first-order valence-electron chi connectivity index (χ1n) is 4.91. The molecule has 1 heterocycles. The molecule has 0 spiro atoms. The van der Waals surface area contributed by atoms with Crippen LogP contribution >= 0.6 is 0 Å². The second kappa shape index (κ2) is 6.75. The maximum absolute atomic E-state index is 11.3. The van der Waals surface area contributed by atoms with Crippen LogP contribution in [0.5, 0.6) is 0 Å². The zero-order valence-electron chi connectivity index (χ0n) is 8.54. The van der Waals surface area contributed by atoms with Crippen LogP contribution in [0.25, 0.3) is 0 Å². The van der Waals surface area contributed by atoms with Crippen LogP contribution in [-0.2, 0) is 14.3 Å². The number of carbonyl (C=O) groups excluding carboxylic acids is 1.